The quantitative estimate of drug-likeness (QED) is 0.873. The minimum atomic E-state index is -0.785. The number of benzene rings is 1. The van der Waals surface area contributed by atoms with Crippen LogP contribution in [0.2, 0.25) is 0 Å². The Morgan fingerprint density at radius 2 is 1.76 bits per heavy atom. The van der Waals surface area contributed by atoms with E-state index in [0.29, 0.717) is 38.4 Å². The van der Waals surface area contributed by atoms with Crippen molar-refractivity contribution in [1.29, 1.82) is 0 Å². The van der Waals surface area contributed by atoms with Crippen LogP contribution in [0.25, 0.3) is 0 Å². The first-order valence-electron chi connectivity index (χ1n) is 8.48. The van der Waals surface area contributed by atoms with Crippen molar-refractivity contribution >= 4 is 11.9 Å². The number of carboxylic acids is 1. The Morgan fingerprint density at radius 1 is 1.04 bits per heavy atom. The number of carbonyl (C=O) groups is 2. The maximum Gasteiger partial charge on any atom is 0.303 e. The molecule has 2 heterocycles. The molecule has 1 aromatic carbocycles. The molecule has 0 spiro atoms. The van der Waals surface area contributed by atoms with Crippen molar-refractivity contribution in [3.05, 3.63) is 60.1 Å². The molecule has 1 aliphatic rings. The Hall–Kier alpha value is -2.60. The molecule has 132 valence electrons. The first-order valence-corrected chi connectivity index (χ1v) is 8.48. The zero-order valence-electron chi connectivity index (χ0n) is 14.0. The highest BCUT2D eigenvalue weighted by Crippen LogP contribution is 2.27. The molecule has 25 heavy (non-hydrogen) atoms. The second-order valence-electron chi connectivity index (χ2n) is 6.16. The van der Waals surface area contributed by atoms with Gasteiger partial charge in [0.25, 0.3) is 5.91 Å². The van der Waals surface area contributed by atoms with E-state index in [4.69, 9.17) is 9.52 Å². The molecule has 1 fully saturated rings. The summed E-state index contributed by atoms with van der Waals surface area (Å²) in [6.07, 6.45) is 2.19. The van der Waals surface area contributed by atoms with Gasteiger partial charge >= 0.3 is 5.97 Å². The molecular formula is C19H22N2O4. The molecule has 1 amide bonds. The van der Waals surface area contributed by atoms with E-state index in [9.17, 15) is 9.59 Å². The molecule has 2 aromatic rings. The Morgan fingerprint density at radius 3 is 2.36 bits per heavy atom. The third kappa shape index (κ3) is 4.28. The van der Waals surface area contributed by atoms with Crippen LogP contribution in [0.4, 0.5) is 0 Å². The van der Waals surface area contributed by atoms with Crippen LogP contribution in [0.1, 0.15) is 35.0 Å². The highest BCUT2D eigenvalue weighted by atomic mass is 16.4. The second kappa shape index (κ2) is 7.98. The minimum absolute atomic E-state index is 0.0539. The van der Waals surface area contributed by atoms with Gasteiger partial charge in [0.2, 0.25) is 0 Å². The van der Waals surface area contributed by atoms with Crippen molar-refractivity contribution in [1.82, 2.24) is 9.80 Å². The molecule has 1 aromatic heterocycles. The van der Waals surface area contributed by atoms with E-state index in [0.717, 1.165) is 5.56 Å². The average Bonchev–Trinajstić information content (AvgIpc) is 3.17. The maximum atomic E-state index is 12.4. The van der Waals surface area contributed by atoms with Crippen LogP contribution < -0.4 is 0 Å². The van der Waals surface area contributed by atoms with Gasteiger partial charge in [-0.15, -0.1) is 0 Å². The number of aliphatic carboxylic acids is 1. The third-order valence-corrected chi connectivity index (χ3v) is 4.59. The molecule has 0 saturated carbocycles. The molecular weight excluding hydrogens is 320 g/mol. The maximum absolute atomic E-state index is 12.4. The molecule has 1 N–H and O–H groups in total. The lowest BCUT2D eigenvalue weighted by Gasteiger charge is -2.39. The third-order valence-electron chi connectivity index (χ3n) is 4.59. The topological polar surface area (TPSA) is 74.0 Å². The SMILES string of the molecule is O=C(O)CC[C@H](c1ccccc1)N1CCN(C(=O)c2ccco2)CC1. The summed E-state index contributed by atoms with van der Waals surface area (Å²) in [6.45, 7) is 2.64. The summed E-state index contributed by atoms with van der Waals surface area (Å²) in [5.74, 6) is -0.516. The zero-order chi connectivity index (χ0) is 17.6. The molecule has 3 rings (SSSR count). The first-order chi connectivity index (χ1) is 12.1. The summed E-state index contributed by atoms with van der Waals surface area (Å²) >= 11 is 0. The fourth-order valence-corrected chi connectivity index (χ4v) is 3.29. The van der Waals surface area contributed by atoms with Gasteiger partial charge in [0.15, 0.2) is 5.76 Å². The van der Waals surface area contributed by atoms with Gasteiger partial charge in [-0.25, -0.2) is 0 Å². The van der Waals surface area contributed by atoms with Crippen LogP contribution in [0.3, 0.4) is 0 Å². The van der Waals surface area contributed by atoms with Gasteiger partial charge in [0.05, 0.1) is 6.26 Å². The molecule has 0 bridgehead atoms. The number of piperazine rings is 1. The lowest BCUT2D eigenvalue weighted by molar-refractivity contribution is -0.137. The number of hydrogen-bond donors (Lipinski definition) is 1. The van der Waals surface area contributed by atoms with Crippen molar-refractivity contribution in [2.75, 3.05) is 26.2 Å². The fraction of sp³-hybridized carbons (Fsp3) is 0.368. The van der Waals surface area contributed by atoms with E-state index in [-0.39, 0.29) is 18.4 Å². The number of nitrogens with zero attached hydrogens (tertiary/aromatic N) is 2. The van der Waals surface area contributed by atoms with Gasteiger partial charge in [-0.1, -0.05) is 30.3 Å². The zero-order valence-corrected chi connectivity index (χ0v) is 14.0. The summed E-state index contributed by atoms with van der Waals surface area (Å²) in [7, 11) is 0. The van der Waals surface area contributed by atoms with Crippen LogP contribution in [0.5, 0.6) is 0 Å². The Bertz CT molecular complexity index is 691. The number of carboxylic acid groups (broad SMARTS) is 1. The van der Waals surface area contributed by atoms with Crippen molar-refractivity contribution in [3.8, 4) is 0 Å². The normalized spacial score (nSPS) is 16.6. The molecule has 6 heteroatoms. The highest BCUT2D eigenvalue weighted by molar-refractivity contribution is 5.91. The molecule has 0 radical (unpaired) electrons. The number of carbonyl (C=O) groups excluding carboxylic acids is 1. The largest absolute Gasteiger partial charge is 0.481 e. The van der Waals surface area contributed by atoms with Crippen molar-refractivity contribution in [2.24, 2.45) is 0 Å². The summed E-state index contributed by atoms with van der Waals surface area (Å²) in [5.41, 5.74) is 1.12. The van der Waals surface area contributed by atoms with Crippen molar-refractivity contribution in [2.45, 2.75) is 18.9 Å². The Labute approximate surface area is 146 Å². The van der Waals surface area contributed by atoms with E-state index >= 15 is 0 Å². The van der Waals surface area contributed by atoms with Crippen molar-refractivity contribution in [3.63, 3.8) is 0 Å². The number of rotatable bonds is 6. The van der Waals surface area contributed by atoms with Gasteiger partial charge in [-0.05, 0) is 24.1 Å². The van der Waals surface area contributed by atoms with Gasteiger partial charge < -0.3 is 14.4 Å². The predicted octanol–water partition coefficient (Wildman–Crippen LogP) is 2.64. The van der Waals surface area contributed by atoms with Gasteiger partial charge in [0.1, 0.15) is 0 Å². The van der Waals surface area contributed by atoms with Crippen LogP contribution in [0, 0.1) is 0 Å². The molecule has 0 aliphatic carbocycles. The molecule has 1 aliphatic heterocycles. The fourth-order valence-electron chi connectivity index (χ4n) is 3.29. The number of amides is 1. The predicted molar refractivity (Wildman–Crippen MR) is 92.2 cm³/mol. The van der Waals surface area contributed by atoms with E-state index in [1.54, 1.807) is 17.0 Å². The average molecular weight is 342 g/mol. The number of hydrogen-bond acceptors (Lipinski definition) is 4. The molecule has 6 nitrogen and oxygen atoms in total. The van der Waals surface area contributed by atoms with Gasteiger partial charge in [-0.2, -0.15) is 0 Å². The molecule has 1 atom stereocenters. The number of furan rings is 1. The van der Waals surface area contributed by atoms with Gasteiger partial charge in [-0.3, -0.25) is 14.5 Å². The summed E-state index contributed by atoms with van der Waals surface area (Å²) in [4.78, 5) is 27.4. The van der Waals surface area contributed by atoms with E-state index in [1.807, 2.05) is 30.3 Å². The first kappa shape index (κ1) is 17.2. The molecule has 0 unspecified atom stereocenters. The van der Waals surface area contributed by atoms with E-state index in [1.165, 1.54) is 6.26 Å². The second-order valence-corrected chi connectivity index (χ2v) is 6.16. The standard InChI is InChI=1S/C19H22N2O4/c22-18(23)9-8-16(15-5-2-1-3-6-15)20-10-12-21(13-11-20)19(24)17-7-4-14-25-17/h1-7,14,16H,8-13H2,(H,22,23)/t16-/m1/s1. The lowest BCUT2D eigenvalue weighted by atomic mass is 9.99. The van der Waals surface area contributed by atoms with Gasteiger partial charge in [0, 0.05) is 38.6 Å². The smallest absolute Gasteiger partial charge is 0.303 e. The van der Waals surface area contributed by atoms with E-state index < -0.39 is 5.97 Å². The summed E-state index contributed by atoms with van der Waals surface area (Å²) < 4.78 is 5.19. The van der Waals surface area contributed by atoms with Crippen molar-refractivity contribution < 1.29 is 19.1 Å². The Kier molecular flexibility index (Phi) is 5.50. The van der Waals surface area contributed by atoms with Crippen LogP contribution in [-0.2, 0) is 4.79 Å². The van der Waals surface area contributed by atoms with Crippen LogP contribution in [0.15, 0.2) is 53.1 Å². The van der Waals surface area contributed by atoms with Crippen LogP contribution in [-0.4, -0.2) is 53.0 Å². The van der Waals surface area contributed by atoms with E-state index in [2.05, 4.69) is 4.90 Å². The molecule has 1 saturated heterocycles. The monoisotopic (exact) mass is 342 g/mol. The summed E-state index contributed by atoms with van der Waals surface area (Å²) in [6, 6.07) is 13.4. The highest BCUT2D eigenvalue weighted by Gasteiger charge is 2.28. The van der Waals surface area contributed by atoms with Crippen LogP contribution >= 0.6 is 0 Å². The Balaban J connectivity index is 1.65. The lowest BCUT2D eigenvalue weighted by Crippen LogP contribution is -2.49. The summed E-state index contributed by atoms with van der Waals surface area (Å²) in [5, 5.41) is 9.05. The minimum Gasteiger partial charge on any atom is -0.481 e.